The molecule has 11 nitrogen and oxygen atoms in total. The van der Waals surface area contributed by atoms with Gasteiger partial charge in [0.1, 0.15) is 29.5 Å². The zero-order valence-corrected chi connectivity index (χ0v) is 29.3. The lowest BCUT2D eigenvalue weighted by Gasteiger charge is -2.23. The Morgan fingerprint density at radius 1 is 1.08 bits per heavy atom. The van der Waals surface area contributed by atoms with Crippen molar-refractivity contribution in [2.75, 3.05) is 19.0 Å². The molecule has 1 aliphatic carbocycles. The van der Waals surface area contributed by atoms with Crippen molar-refractivity contribution in [1.29, 1.82) is 0 Å². The fourth-order valence-electron chi connectivity index (χ4n) is 5.07. The second-order valence-electron chi connectivity index (χ2n) is 11.7. The van der Waals surface area contributed by atoms with Crippen molar-refractivity contribution in [3.63, 3.8) is 0 Å². The smallest absolute Gasteiger partial charge is 0.344 e. The van der Waals surface area contributed by atoms with E-state index in [2.05, 4.69) is 10.6 Å². The number of ether oxygens (including phenoxy) is 3. The molecule has 266 valence electrons. The lowest BCUT2D eigenvalue weighted by atomic mass is 9.98. The van der Waals surface area contributed by atoms with Gasteiger partial charge >= 0.3 is 11.9 Å². The first-order valence-corrected chi connectivity index (χ1v) is 17.6. The van der Waals surface area contributed by atoms with Gasteiger partial charge in [-0.3, -0.25) is 14.4 Å². The summed E-state index contributed by atoms with van der Waals surface area (Å²) in [6.45, 7) is 5.15. The highest BCUT2D eigenvalue weighted by molar-refractivity contribution is 7.99. The van der Waals surface area contributed by atoms with E-state index in [-0.39, 0.29) is 41.2 Å². The maximum absolute atomic E-state index is 14.1. The van der Waals surface area contributed by atoms with E-state index in [1.807, 2.05) is 0 Å². The summed E-state index contributed by atoms with van der Waals surface area (Å²) in [5.41, 5.74) is 0.142. The van der Waals surface area contributed by atoms with E-state index in [1.54, 1.807) is 39.0 Å². The van der Waals surface area contributed by atoms with Crippen molar-refractivity contribution in [3.8, 4) is 11.5 Å². The molecule has 1 saturated carbocycles. The predicted octanol–water partition coefficient (Wildman–Crippen LogP) is 5.40. The van der Waals surface area contributed by atoms with Gasteiger partial charge in [-0.05, 0) is 68.9 Å². The number of carbonyl (C=O) groups is 5. The van der Waals surface area contributed by atoms with E-state index in [4.69, 9.17) is 25.8 Å². The zero-order valence-electron chi connectivity index (χ0n) is 27.7. The molecule has 3 rings (SSSR count). The number of carbonyl (C=O) groups excluding carboxylic acids is 4. The number of rotatable bonds is 18. The standard InChI is InChI=1S/C35H42ClFN2O9S/c1-4-46-30-14-13-24(47-18-33(44)48-23-9-6-5-7-10-23)15-22(30)16-31(41)39-34(21(2)3)35(45)38-28(17-32(42)43)29(40)20-49-19-25-26(36)11-8-12-27(25)37/h8,11-15,17,21,23,34H,4-7,9-10,16,18-20H2,1-3H3,(H,38,45)(H,39,41)(H,42,43)/b28-17+/t34-/m0/s1. The van der Waals surface area contributed by atoms with Crippen LogP contribution >= 0.6 is 23.4 Å². The van der Waals surface area contributed by atoms with Crippen molar-refractivity contribution in [2.45, 2.75) is 77.2 Å². The Morgan fingerprint density at radius 2 is 1.82 bits per heavy atom. The number of aliphatic carboxylic acids is 1. The third kappa shape index (κ3) is 13.0. The molecule has 0 aliphatic heterocycles. The Bertz CT molecular complexity index is 1510. The van der Waals surface area contributed by atoms with Crippen molar-refractivity contribution in [3.05, 3.63) is 70.1 Å². The van der Waals surface area contributed by atoms with Gasteiger partial charge in [-0.15, -0.1) is 11.8 Å². The summed E-state index contributed by atoms with van der Waals surface area (Å²) in [5.74, 6) is -4.54. The molecular formula is C35H42ClFN2O9S. The van der Waals surface area contributed by atoms with Gasteiger partial charge in [0.15, 0.2) is 12.4 Å². The lowest BCUT2D eigenvalue weighted by Crippen LogP contribution is -2.50. The van der Waals surface area contributed by atoms with Crippen LogP contribution in [0.3, 0.4) is 0 Å². The third-order valence-corrected chi connectivity index (χ3v) is 8.84. The number of carboxylic acids is 1. The zero-order chi connectivity index (χ0) is 35.9. The predicted molar refractivity (Wildman–Crippen MR) is 183 cm³/mol. The lowest BCUT2D eigenvalue weighted by molar-refractivity contribution is -0.153. The number of hydrogen-bond donors (Lipinski definition) is 3. The van der Waals surface area contributed by atoms with Crippen LogP contribution < -0.4 is 20.1 Å². The van der Waals surface area contributed by atoms with Gasteiger partial charge in [0.2, 0.25) is 11.8 Å². The molecule has 1 atom stereocenters. The Kier molecular flexibility index (Phi) is 15.9. The Morgan fingerprint density at radius 3 is 2.47 bits per heavy atom. The quantitative estimate of drug-likeness (QED) is 0.135. The Hall–Kier alpha value is -4.10. The van der Waals surface area contributed by atoms with E-state index in [9.17, 15) is 33.5 Å². The van der Waals surface area contributed by atoms with Gasteiger partial charge in [-0.2, -0.15) is 0 Å². The maximum atomic E-state index is 14.1. The van der Waals surface area contributed by atoms with Gasteiger partial charge in [0.05, 0.1) is 30.6 Å². The van der Waals surface area contributed by atoms with Crippen LogP contribution in [0.15, 0.2) is 48.2 Å². The van der Waals surface area contributed by atoms with E-state index in [0.29, 0.717) is 29.7 Å². The summed E-state index contributed by atoms with van der Waals surface area (Å²) in [6.07, 6.45) is 5.10. The molecule has 0 saturated heterocycles. The summed E-state index contributed by atoms with van der Waals surface area (Å²) in [5, 5.41) is 14.5. The number of nitrogens with one attached hydrogen (secondary N) is 2. The molecule has 1 aliphatic rings. The number of allylic oxidation sites excluding steroid dienone is 1. The first kappa shape index (κ1) is 39.3. The molecule has 2 amide bonds. The van der Waals surface area contributed by atoms with Crippen molar-refractivity contribution in [2.24, 2.45) is 5.92 Å². The number of amides is 2. The number of Topliss-reactive ketones (excluding diaryl/α,β-unsaturated/α-hetero) is 1. The molecule has 0 heterocycles. The first-order chi connectivity index (χ1) is 23.4. The molecule has 2 aromatic rings. The summed E-state index contributed by atoms with van der Waals surface area (Å²) in [7, 11) is 0. The second kappa shape index (κ2) is 19.8. The van der Waals surface area contributed by atoms with Crippen molar-refractivity contribution >= 4 is 52.9 Å². The summed E-state index contributed by atoms with van der Waals surface area (Å²) >= 11 is 7.03. The molecule has 0 unspecified atom stereocenters. The average molecular weight is 721 g/mol. The van der Waals surface area contributed by atoms with Gasteiger partial charge in [0.25, 0.3) is 0 Å². The monoisotopic (exact) mass is 720 g/mol. The molecule has 0 radical (unpaired) electrons. The maximum Gasteiger partial charge on any atom is 0.344 e. The molecule has 3 N–H and O–H groups in total. The molecule has 0 bridgehead atoms. The van der Waals surface area contributed by atoms with Gasteiger partial charge < -0.3 is 30.0 Å². The van der Waals surface area contributed by atoms with Crippen LogP contribution in [0.4, 0.5) is 4.39 Å². The molecule has 2 aromatic carbocycles. The van der Waals surface area contributed by atoms with Crippen LogP contribution in [0.1, 0.15) is 64.0 Å². The summed E-state index contributed by atoms with van der Waals surface area (Å²) in [4.78, 5) is 63.3. The minimum absolute atomic E-state index is 0.0384. The third-order valence-electron chi connectivity index (χ3n) is 7.52. The SMILES string of the molecule is CCOc1ccc(OCC(=O)OC2CCCCC2)cc1CC(=O)N[C@H](C(=O)N/C(=C/C(=O)O)C(=O)CSCc1c(F)cccc1Cl)C(C)C. The summed E-state index contributed by atoms with van der Waals surface area (Å²) in [6, 6.07) is 7.85. The van der Waals surface area contributed by atoms with Gasteiger partial charge in [-0.25, -0.2) is 14.0 Å². The van der Waals surface area contributed by atoms with Crippen LogP contribution in [0.2, 0.25) is 5.02 Å². The van der Waals surface area contributed by atoms with Crippen molar-refractivity contribution in [1.82, 2.24) is 10.6 Å². The van der Waals surface area contributed by atoms with Crippen LogP contribution in [-0.4, -0.2) is 65.8 Å². The van der Waals surface area contributed by atoms with Crippen LogP contribution in [0.25, 0.3) is 0 Å². The number of hydrogen-bond acceptors (Lipinski definition) is 9. The van der Waals surface area contributed by atoms with E-state index in [1.165, 1.54) is 18.2 Å². The number of ketones is 1. The van der Waals surface area contributed by atoms with E-state index >= 15 is 0 Å². The molecular weight excluding hydrogens is 679 g/mol. The number of thioether (sulfide) groups is 1. The number of carboxylic acid groups (broad SMARTS) is 1. The number of halogens is 2. The molecule has 49 heavy (non-hydrogen) atoms. The van der Waals surface area contributed by atoms with E-state index < -0.39 is 53.0 Å². The fraction of sp³-hybridized carbons (Fsp3) is 0.457. The molecule has 1 fully saturated rings. The number of benzene rings is 2. The number of esters is 1. The topological polar surface area (TPSA) is 157 Å². The average Bonchev–Trinajstić information content (AvgIpc) is 3.04. The highest BCUT2D eigenvalue weighted by Crippen LogP contribution is 2.27. The Labute approximate surface area is 294 Å². The van der Waals surface area contributed by atoms with Crippen molar-refractivity contribution < 1.29 is 47.7 Å². The van der Waals surface area contributed by atoms with Crippen LogP contribution in [-0.2, 0) is 40.9 Å². The molecule has 14 heteroatoms. The Balaban J connectivity index is 1.64. The van der Waals surface area contributed by atoms with E-state index in [0.717, 1.165) is 43.9 Å². The fourth-order valence-corrected chi connectivity index (χ4v) is 6.32. The molecule has 0 aromatic heterocycles. The van der Waals surface area contributed by atoms with Crippen LogP contribution in [0, 0.1) is 11.7 Å². The highest BCUT2D eigenvalue weighted by Gasteiger charge is 2.27. The highest BCUT2D eigenvalue weighted by atomic mass is 35.5. The first-order valence-electron chi connectivity index (χ1n) is 16.0. The summed E-state index contributed by atoms with van der Waals surface area (Å²) < 4.78 is 30.9. The van der Waals surface area contributed by atoms with Crippen LogP contribution in [0.5, 0.6) is 11.5 Å². The second-order valence-corrected chi connectivity index (χ2v) is 13.1. The minimum Gasteiger partial charge on any atom is -0.494 e. The van der Waals surface area contributed by atoms with Gasteiger partial charge in [-0.1, -0.05) is 37.9 Å². The largest absolute Gasteiger partial charge is 0.494 e. The minimum atomic E-state index is -1.47. The normalized spacial score (nSPS) is 14.1. The van der Waals surface area contributed by atoms with Gasteiger partial charge in [0, 0.05) is 21.9 Å². The molecule has 0 spiro atoms.